The summed E-state index contributed by atoms with van der Waals surface area (Å²) in [5.74, 6) is 1.40. The fourth-order valence-electron chi connectivity index (χ4n) is 3.24. The van der Waals surface area contributed by atoms with Crippen LogP contribution in [0.5, 0.6) is 11.5 Å². The van der Waals surface area contributed by atoms with Gasteiger partial charge in [-0.25, -0.2) is 4.98 Å². The number of hydrogen-bond acceptors (Lipinski definition) is 3. The Hall–Kier alpha value is -2.79. The first-order valence-corrected chi connectivity index (χ1v) is 9.41. The number of benzene rings is 2. The van der Waals surface area contributed by atoms with E-state index in [-0.39, 0.29) is 0 Å². The summed E-state index contributed by atoms with van der Waals surface area (Å²) in [7, 11) is 3.29. The van der Waals surface area contributed by atoms with Gasteiger partial charge >= 0.3 is 0 Å². The molecular formula is C22H19BrN2O2. The number of fused-ring (bicyclic) bond motifs is 1. The van der Waals surface area contributed by atoms with Crippen molar-refractivity contribution in [1.82, 2.24) is 9.38 Å². The Labute approximate surface area is 166 Å². The molecule has 0 saturated heterocycles. The van der Waals surface area contributed by atoms with Gasteiger partial charge in [-0.05, 0) is 51.8 Å². The molecule has 4 nitrogen and oxygen atoms in total. The maximum atomic E-state index is 5.48. The molecule has 2 aromatic heterocycles. The highest BCUT2D eigenvalue weighted by molar-refractivity contribution is 9.10. The van der Waals surface area contributed by atoms with Gasteiger partial charge in [0.05, 0.1) is 25.6 Å². The van der Waals surface area contributed by atoms with Gasteiger partial charge in [0, 0.05) is 22.7 Å². The van der Waals surface area contributed by atoms with Crippen LogP contribution in [0.1, 0.15) is 11.3 Å². The van der Waals surface area contributed by atoms with E-state index in [1.54, 1.807) is 14.2 Å². The minimum Gasteiger partial charge on any atom is -0.493 e. The van der Waals surface area contributed by atoms with Gasteiger partial charge in [0.2, 0.25) is 0 Å². The molecule has 0 spiro atoms. The van der Waals surface area contributed by atoms with Crippen molar-refractivity contribution in [3.8, 4) is 22.8 Å². The van der Waals surface area contributed by atoms with Crippen LogP contribution in [0.25, 0.3) is 16.9 Å². The topological polar surface area (TPSA) is 35.8 Å². The molecule has 0 saturated carbocycles. The van der Waals surface area contributed by atoms with Gasteiger partial charge in [-0.3, -0.25) is 0 Å². The van der Waals surface area contributed by atoms with Crippen LogP contribution in [0.4, 0.5) is 0 Å². The minimum absolute atomic E-state index is 0.693. The molecule has 4 rings (SSSR count). The number of halogens is 1. The zero-order chi connectivity index (χ0) is 18.8. The second-order valence-corrected chi connectivity index (χ2v) is 7.13. The third kappa shape index (κ3) is 3.43. The van der Waals surface area contributed by atoms with Crippen molar-refractivity contribution in [3.05, 3.63) is 82.6 Å². The van der Waals surface area contributed by atoms with Crippen molar-refractivity contribution in [1.29, 1.82) is 0 Å². The van der Waals surface area contributed by atoms with E-state index in [2.05, 4.69) is 50.8 Å². The Morgan fingerprint density at radius 2 is 1.70 bits per heavy atom. The van der Waals surface area contributed by atoms with Crippen LogP contribution in [0, 0.1) is 0 Å². The van der Waals surface area contributed by atoms with Crippen LogP contribution in [0.3, 0.4) is 0 Å². The normalized spacial score (nSPS) is 10.9. The molecule has 2 heterocycles. The van der Waals surface area contributed by atoms with Crippen LogP contribution < -0.4 is 9.47 Å². The van der Waals surface area contributed by atoms with E-state index >= 15 is 0 Å². The largest absolute Gasteiger partial charge is 0.493 e. The first kappa shape index (κ1) is 17.6. The quantitative estimate of drug-likeness (QED) is 0.433. The van der Waals surface area contributed by atoms with Crippen LogP contribution in [0.2, 0.25) is 0 Å². The summed E-state index contributed by atoms with van der Waals surface area (Å²) in [6, 6.07) is 20.4. The van der Waals surface area contributed by atoms with Gasteiger partial charge in [0.1, 0.15) is 5.65 Å². The van der Waals surface area contributed by atoms with E-state index in [0.717, 1.165) is 33.5 Å². The van der Waals surface area contributed by atoms with E-state index in [1.165, 1.54) is 5.56 Å². The molecule has 0 aliphatic heterocycles. The molecule has 136 valence electrons. The van der Waals surface area contributed by atoms with Crippen LogP contribution in [-0.4, -0.2) is 23.6 Å². The predicted octanol–water partition coefficient (Wildman–Crippen LogP) is 5.37. The second-order valence-electron chi connectivity index (χ2n) is 6.21. The molecule has 0 aliphatic rings. The van der Waals surface area contributed by atoms with Crippen molar-refractivity contribution in [3.63, 3.8) is 0 Å². The Kier molecular flexibility index (Phi) is 4.86. The molecule has 0 N–H and O–H groups in total. The minimum atomic E-state index is 0.693. The Morgan fingerprint density at radius 1 is 0.926 bits per heavy atom. The predicted molar refractivity (Wildman–Crippen MR) is 111 cm³/mol. The first-order chi connectivity index (χ1) is 13.2. The molecule has 27 heavy (non-hydrogen) atoms. The standard InChI is InChI=1S/C22H19BrN2O2/c1-26-19-10-8-16(13-20(19)27-2)22-18(12-15-6-4-3-5-7-15)25-14-17(23)9-11-21(25)24-22/h3-11,13-14H,12H2,1-2H3. The lowest BCUT2D eigenvalue weighted by Gasteiger charge is -2.10. The Morgan fingerprint density at radius 3 is 2.44 bits per heavy atom. The summed E-state index contributed by atoms with van der Waals surface area (Å²) in [5, 5.41) is 0. The average Bonchev–Trinajstić information content (AvgIpc) is 3.06. The molecule has 4 aromatic rings. The molecule has 2 aromatic carbocycles. The molecular weight excluding hydrogens is 404 g/mol. The average molecular weight is 423 g/mol. The maximum absolute atomic E-state index is 5.48. The summed E-state index contributed by atoms with van der Waals surface area (Å²) in [6.45, 7) is 0. The number of pyridine rings is 1. The molecule has 0 amide bonds. The smallest absolute Gasteiger partial charge is 0.161 e. The van der Waals surface area contributed by atoms with E-state index in [0.29, 0.717) is 11.5 Å². The number of aromatic nitrogens is 2. The summed E-state index contributed by atoms with van der Waals surface area (Å²) >= 11 is 3.57. The van der Waals surface area contributed by atoms with Gasteiger partial charge in [-0.15, -0.1) is 0 Å². The highest BCUT2D eigenvalue weighted by Crippen LogP contribution is 2.34. The van der Waals surface area contributed by atoms with Crippen LogP contribution >= 0.6 is 15.9 Å². The number of nitrogens with zero attached hydrogens (tertiary/aromatic N) is 2. The summed E-state index contributed by atoms with van der Waals surface area (Å²) in [5.41, 5.74) is 5.22. The van der Waals surface area contributed by atoms with E-state index < -0.39 is 0 Å². The van der Waals surface area contributed by atoms with Crippen molar-refractivity contribution in [2.45, 2.75) is 6.42 Å². The zero-order valence-electron chi connectivity index (χ0n) is 15.1. The molecule has 0 atom stereocenters. The van der Waals surface area contributed by atoms with E-state index in [1.807, 2.05) is 36.4 Å². The Balaban J connectivity index is 1.90. The van der Waals surface area contributed by atoms with Crippen molar-refractivity contribution in [2.75, 3.05) is 14.2 Å². The fraction of sp³-hybridized carbons (Fsp3) is 0.136. The summed E-state index contributed by atoms with van der Waals surface area (Å²) in [6.07, 6.45) is 2.84. The summed E-state index contributed by atoms with van der Waals surface area (Å²) < 4.78 is 14.0. The highest BCUT2D eigenvalue weighted by atomic mass is 79.9. The number of imidazole rings is 1. The van der Waals surface area contributed by atoms with Gasteiger partial charge in [-0.1, -0.05) is 30.3 Å². The van der Waals surface area contributed by atoms with E-state index in [4.69, 9.17) is 14.5 Å². The molecule has 0 unspecified atom stereocenters. The molecule has 0 aliphatic carbocycles. The third-order valence-corrected chi connectivity index (χ3v) is 5.02. The molecule has 0 bridgehead atoms. The number of rotatable bonds is 5. The molecule has 0 radical (unpaired) electrons. The van der Waals surface area contributed by atoms with Gasteiger partial charge in [-0.2, -0.15) is 0 Å². The van der Waals surface area contributed by atoms with Gasteiger partial charge in [0.25, 0.3) is 0 Å². The van der Waals surface area contributed by atoms with Crippen molar-refractivity contribution < 1.29 is 9.47 Å². The molecule has 5 heteroatoms. The number of ether oxygens (including phenoxy) is 2. The lowest BCUT2D eigenvalue weighted by molar-refractivity contribution is 0.355. The number of methoxy groups -OCH3 is 2. The SMILES string of the molecule is COc1ccc(-c2nc3ccc(Br)cn3c2Cc2ccccc2)cc1OC. The number of hydrogen-bond donors (Lipinski definition) is 0. The van der Waals surface area contributed by atoms with Crippen molar-refractivity contribution >= 4 is 21.6 Å². The van der Waals surface area contributed by atoms with Crippen molar-refractivity contribution in [2.24, 2.45) is 0 Å². The zero-order valence-corrected chi connectivity index (χ0v) is 16.7. The van der Waals surface area contributed by atoms with Crippen LogP contribution in [-0.2, 0) is 6.42 Å². The summed E-state index contributed by atoms with van der Waals surface area (Å²) in [4.78, 5) is 4.90. The fourth-order valence-corrected chi connectivity index (χ4v) is 3.58. The third-order valence-electron chi connectivity index (χ3n) is 4.55. The van der Waals surface area contributed by atoms with Gasteiger partial charge in [0.15, 0.2) is 11.5 Å². The lowest BCUT2D eigenvalue weighted by Crippen LogP contribution is -1.97. The first-order valence-electron chi connectivity index (χ1n) is 8.62. The Bertz CT molecular complexity index is 1090. The molecule has 0 fully saturated rings. The second kappa shape index (κ2) is 7.45. The van der Waals surface area contributed by atoms with Gasteiger partial charge < -0.3 is 13.9 Å². The maximum Gasteiger partial charge on any atom is 0.161 e. The monoisotopic (exact) mass is 422 g/mol. The highest BCUT2D eigenvalue weighted by Gasteiger charge is 2.16. The van der Waals surface area contributed by atoms with E-state index in [9.17, 15) is 0 Å². The van der Waals surface area contributed by atoms with Crippen LogP contribution in [0.15, 0.2) is 71.3 Å². The lowest BCUT2D eigenvalue weighted by atomic mass is 10.0.